The average molecular weight is 509 g/mol. The first-order chi connectivity index (χ1) is 17.7. The number of hydrogen-bond donors (Lipinski definition) is 1. The van der Waals surface area contributed by atoms with Crippen LogP contribution in [0.15, 0.2) is 24.3 Å². The van der Waals surface area contributed by atoms with Crippen molar-refractivity contribution in [3.8, 4) is 5.75 Å². The van der Waals surface area contributed by atoms with E-state index in [2.05, 4.69) is 0 Å². The normalized spacial score (nSPS) is 22.0. The summed E-state index contributed by atoms with van der Waals surface area (Å²) in [4.78, 5) is 30.7. The van der Waals surface area contributed by atoms with Crippen molar-refractivity contribution in [3.63, 3.8) is 0 Å². The summed E-state index contributed by atoms with van der Waals surface area (Å²) >= 11 is 0. The number of benzene rings is 1. The predicted molar refractivity (Wildman–Crippen MR) is 141 cm³/mol. The van der Waals surface area contributed by atoms with Crippen molar-refractivity contribution in [2.24, 2.45) is 0 Å². The van der Waals surface area contributed by atoms with Crippen LogP contribution in [0.4, 0.5) is 0 Å². The number of fused-ring (bicyclic) bond motifs is 1. The van der Waals surface area contributed by atoms with Gasteiger partial charge in [-0.3, -0.25) is 14.3 Å². The lowest BCUT2D eigenvalue weighted by Gasteiger charge is -2.44. The Morgan fingerprint density at radius 2 is 1.81 bits per heavy atom. The number of aliphatic hydroxyl groups excluding tert-OH is 1. The van der Waals surface area contributed by atoms with Crippen LogP contribution >= 0.6 is 0 Å². The number of piperidine rings is 2. The van der Waals surface area contributed by atoms with E-state index in [0.29, 0.717) is 38.2 Å². The van der Waals surface area contributed by atoms with Crippen LogP contribution in [-0.4, -0.2) is 73.9 Å². The number of likely N-dealkylation sites (tertiary alicyclic amines) is 2. The summed E-state index contributed by atoms with van der Waals surface area (Å²) in [6.45, 7) is 8.07. The molecule has 1 aromatic carbocycles. The number of ether oxygens (including phenoxy) is 1. The van der Waals surface area contributed by atoms with Gasteiger partial charge in [-0.1, -0.05) is 18.2 Å². The monoisotopic (exact) mass is 508 g/mol. The molecule has 37 heavy (non-hydrogen) atoms. The third-order valence-electron chi connectivity index (χ3n) is 8.32. The minimum absolute atomic E-state index is 0.0469. The highest BCUT2D eigenvalue weighted by Gasteiger charge is 2.40. The molecule has 2 aromatic rings. The Labute approximate surface area is 219 Å². The average Bonchev–Trinajstić information content (AvgIpc) is 3.23. The van der Waals surface area contributed by atoms with Crippen molar-refractivity contribution in [1.29, 1.82) is 0 Å². The van der Waals surface area contributed by atoms with Gasteiger partial charge in [-0.25, -0.2) is 0 Å². The lowest BCUT2D eigenvalue weighted by molar-refractivity contribution is -0.133. The SMILES string of the molecule is Cc1ccccc1OC1CCN(C(=O)Cn2nc(C(=O)N3CCC(O)CC3(C)C)c3c2CCCC3)CC1. The summed E-state index contributed by atoms with van der Waals surface area (Å²) in [5.74, 6) is 0.889. The van der Waals surface area contributed by atoms with Crippen molar-refractivity contribution in [3.05, 3.63) is 46.8 Å². The maximum absolute atomic E-state index is 13.7. The third-order valence-corrected chi connectivity index (χ3v) is 8.32. The van der Waals surface area contributed by atoms with Crippen molar-refractivity contribution < 1.29 is 19.4 Å². The van der Waals surface area contributed by atoms with Crippen LogP contribution in [0.1, 0.15) is 79.7 Å². The van der Waals surface area contributed by atoms with Gasteiger partial charge in [-0.05, 0) is 70.9 Å². The molecule has 1 unspecified atom stereocenters. The lowest BCUT2D eigenvalue weighted by atomic mass is 9.87. The number of rotatable bonds is 5. The van der Waals surface area contributed by atoms with Crippen LogP contribution in [0.3, 0.4) is 0 Å². The second kappa shape index (κ2) is 10.5. The standard InChI is InChI=1S/C29H40N4O4/c1-20-8-4-7-11-25(20)37-22-13-15-31(16-14-22)26(35)19-33-24-10-6-5-9-23(24)27(30-33)28(36)32-17-12-21(34)18-29(32,2)3/h4,7-8,11,21-22,34H,5-6,9-10,12-19H2,1-3H3. The highest BCUT2D eigenvalue weighted by atomic mass is 16.5. The summed E-state index contributed by atoms with van der Waals surface area (Å²) in [6, 6.07) is 8.04. The van der Waals surface area contributed by atoms with Crippen LogP contribution in [0.5, 0.6) is 5.75 Å². The minimum atomic E-state index is -0.430. The minimum Gasteiger partial charge on any atom is -0.490 e. The van der Waals surface area contributed by atoms with Crippen LogP contribution in [0.2, 0.25) is 0 Å². The molecule has 3 aliphatic rings. The molecule has 2 aliphatic heterocycles. The number of amides is 2. The molecule has 1 N–H and O–H groups in total. The van der Waals surface area contributed by atoms with Gasteiger partial charge >= 0.3 is 0 Å². The number of para-hydroxylation sites is 1. The summed E-state index contributed by atoms with van der Waals surface area (Å²) in [5, 5.41) is 14.9. The highest BCUT2D eigenvalue weighted by Crippen LogP contribution is 2.32. The topological polar surface area (TPSA) is 87.9 Å². The number of aliphatic hydroxyl groups is 1. The molecule has 8 nitrogen and oxygen atoms in total. The third kappa shape index (κ3) is 5.40. The van der Waals surface area contributed by atoms with Gasteiger partial charge in [0, 0.05) is 49.3 Å². The molecule has 0 spiro atoms. The molecule has 0 radical (unpaired) electrons. The molecule has 1 atom stereocenters. The first kappa shape index (κ1) is 25.8. The second-order valence-corrected chi connectivity index (χ2v) is 11.5. The lowest BCUT2D eigenvalue weighted by Crippen LogP contribution is -2.54. The van der Waals surface area contributed by atoms with E-state index in [0.717, 1.165) is 61.1 Å². The largest absolute Gasteiger partial charge is 0.490 e. The van der Waals surface area contributed by atoms with Crippen molar-refractivity contribution >= 4 is 11.8 Å². The second-order valence-electron chi connectivity index (χ2n) is 11.5. The molecule has 1 aliphatic carbocycles. The Bertz CT molecular complexity index is 1150. The zero-order chi connectivity index (χ0) is 26.2. The summed E-state index contributed by atoms with van der Waals surface area (Å²) in [6.07, 6.45) is 6.22. The maximum atomic E-state index is 13.7. The van der Waals surface area contributed by atoms with E-state index in [1.807, 2.05) is 54.8 Å². The van der Waals surface area contributed by atoms with Crippen LogP contribution in [-0.2, 0) is 24.2 Å². The zero-order valence-corrected chi connectivity index (χ0v) is 22.4. The highest BCUT2D eigenvalue weighted by molar-refractivity contribution is 5.95. The fraction of sp³-hybridized carbons (Fsp3) is 0.621. The number of aryl methyl sites for hydroxylation is 1. The molecule has 2 saturated heterocycles. The Morgan fingerprint density at radius 1 is 1.08 bits per heavy atom. The quantitative estimate of drug-likeness (QED) is 0.668. The van der Waals surface area contributed by atoms with Gasteiger partial charge in [0.2, 0.25) is 5.91 Å². The Morgan fingerprint density at radius 3 is 2.54 bits per heavy atom. The van der Waals surface area contributed by atoms with Gasteiger partial charge in [-0.2, -0.15) is 5.10 Å². The predicted octanol–water partition coefficient (Wildman–Crippen LogP) is 3.52. The summed E-state index contributed by atoms with van der Waals surface area (Å²) in [7, 11) is 0. The van der Waals surface area contributed by atoms with Crippen molar-refractivity contribution in [2.75, 3.05) is 19.6 Å². The molecule has 2 amide bonds. The number of hydrogen-bond acceptors (Lipinski definition) is 5. The van der Waals surface area contributed by atoms with Crippen LogP contribution in [0, 0.1) is 6.92 Å². The molecular weight excluding hydrogens is 468 g/mol. The molecular formula is C29H40N4O4. The van der Waals surface area contributed by atoms with Crippen LogP contribution in [0.25, 0.3) is 0 Å². The van der Waals surface area contributed by atoms with Crippen molar-refractivity contribution in [2.45, 2.75) is 96.4 Å². The smallest absolute Gasteiger partial charge is 0.275 e. The van der Waals surface area contributed by atoms with Gasteiger partial charge in [0.15, 0.2) is 5.69 Å². The fourth-order valence-electron chi connectivity index (χ4n) is 6.17. The number of carbonyl (C=O) groups excluding carboxylic acids is 2. The molecule has 2 fully saturated rings. The van der Waals surface area contributed by atoms with E-state index in [1.54, 1.807) is 4.68 Å². The molecule has 3 heterocycles. The van der Waals surface area contributed by atoms with E-state index < -0.39 is 5.54 Å². The van der Waals surface area contributed by atoms with E-state index in [4.69, 9.17) is 9.84 Å². The van der Waals surface area contributed by atoms with Gasteiger partial charge < -0.3 is 19.6 Å². The molecule has 0 bridgehead atoms. The van der Waals surface area contributed by atoms with E-state index in [1.165, 1.54) is 0 Å². The fourth-order valence-corrected chi connectivity index (χ4v) is 6.17. The zero-order valence-electron chi connectivity index (χ0n) is 22.4. The van der Waals surface area contributed by atoms with E-state index in [-0.39, 0.29) is 30.6 Å². The number of nitrogens with zero attached hydrogens (tertiary/aromatic N) is 4. The Balaban J connectivity index is 1.26. The van der Waals surface area contributed by atoms with Gasteiger partial charge in [0.1, 0.15) is 18.4 Å². The molecule has 5 rings (SSSR count). The molecule has 200 valence electrons. The Hall–Kier alpha value is -2.87. The maximum Gasteiger partial charge on any atom is 0.275 e. The summed E-state index contributed by atoms with van der Waals surface area (Å²) < 4.78 is 8.00. The van der Waals surface area contributed by atoms with E-state index in [9.17, 15) is 14.7 Å². The van der Waals surface area contributed by atoms with Gasteiger partial charge in [0.05, 0.1) is 6.10 Å². The van der Waals surface area contributed by atoms with Crippen LogP contribution < -0.4 is 4.74 Å². The van der Waals surface area contributed by atoms with Crippen molar-refractivity contribution in [1.82, 2.24) is 19.6 Å². The number of aromatic nitrogens is 2. The molecule has 8 heteroatoms. The first-order valence-electron chi connectivity index (χ1n) is 13.8. The van der Waals surface area contributed by atoms with Gasteiger partial charge in [-0.15, -0.1) is 0 Å². The summed E-state index contributed by atoms with van der Waals surface area (Å²) in [5.41, 5.74) is 3.24. The number of carbonyl (C=O) groups is 2. The molecule has 0 saturated carbocycles. The molecule has 1 aromatic heterocycles. The van der Waals surface area contributed by atoms with E-state index >= 15 is 0 Å². The first-order valence-corrected chi connectivity index (χ1v) is 13.8. The van der Waals surface area contributed by atoms with Gasteiger partial charge in [0.25, 0.3) is 5.91 Å². The Kier molecular flexibility index (Phi) is 7.30.